The van der Waals surface area contributed by atoms with E-state index in [-0.39, 0.29) is 23.4 Å². The van der Waals surface area contributed by atoms with Gasteiger partial charge in [-0.1, -0.05) is 0 Å². The molecule has 0 unspecified atom stereocenters. The largest absolute Gasteiger partial charge is 0.452 e. The van der Waals surface area contributed by atoms with Crippen molar-refractivity contribution in [1.29, 1.82) is 5.26 Å². The number of amides is 1. The molecular weight excluding hydrogens is 346 g/mol. The molecule has 9 heteroatoms. The van der Waals surface area contributed by atoms with Crippen LogP contribution in [0, 0.1) is 11.3 Å². The van der Waals surface area contributed by atoms with Crippen LogP contribution in [-0.4, -0.2) is 50.8 Å². The summed E-state index contributed by atoms with van der Waals surface area (Å²) >= 11 is 0. The van der Waals surface area contributed by atoms with Gasteiger partial charge in [-0.25, -0.2) is 13.2 Å². The molecule has 0 atom stereocenters. The Morgan fingerprint density at radius 1 is 1.20 bits per heavy atom. The summed E-state index contributed by atoms with van der Waals surface area (Å²) in [6.07, 6.45) is 1.87. The van der Waals surface area contributed by atoms with Crippen LogP contribution in [0.2, 0.25) is 0 Å². The molecule has 1 saturated heterocycles. The van der Waals surface area contributed by atoms with Crippen LogP contribution < -0.4 is 5.32 Å². The van der Waals surface area contributed by atoms with Crippen LogP contribution in [0.3, 0.4) is 0 Å². The molecule has 1 aliphatic heterocycles. The van der Waals surface area contributed by atoms with Crippen molar-refractivity contribution in [2.45, 2.75) is 24.2 Å². The van der Waals surface area contributed by atoms with E-state index in [9.17, 15) is 18.0 Å². The molecule has 1 aromatic rings. The maximum atomic E-state index is 12.4. The molecule has 0 aromatic heterocycles. The second kappa shape index (κ2) is 8.60. The molecule has 0 saturated carbocycles. The minimum atomic E-state index is -3.53. The predicted molar refractivity (Wildman–Crippen MR) is 88.0 cm³/mol. The maximum Gasteiger partial charge on any atom is 0.338 e. The summed E-state index contributed by atoms with van der Waals surface area (Å²) in [6.45, 7) is 0.744. The van der Waals surface area contributed by atoms with Gasteiger partial charge in [0.05, 0.1) is 22.9 Å². The summed E-state index contributed by atoms with van der Waals surface area (Å²) in [7, 11) is -3.53. The molecule has 1 aromatic carbocycles. The van der Waals surface area contributed by atoms with Crippen LogP contribution in [0.4, 0.5) is 0 Å². The van der Waals surface area contributed by atoms with E-state index in [2.05, 4.69) is 5.32 Å². The monoisotopic (exact) mass is 365 g/mol. The van der Waals surface area contributed by atoms with Crippen LogP contribution >= 0.6 is 0 Å². The van der Waals surface area contributed by atoms with E-state index in [1.54, 1.807) is 0 Å². The molecule has 1 amide bonds. The highest BCUT2D eigenvalue weighted by Gasteiger charge is 2.27. The summed E-state index contributed by atoms with van der Waals surface area (Å²) in [6, 6.07) is 7.31. The number of esters is 1. The third-order valence-electron chi connectivity index (χ3n) is 3.69. The molecule has 1 heterocycles. The summed E-state index contributed by atoms with van der Waals surface area (Å²) in [4.78, 5) is 23.4. The lowest BCUT2D eigenvalue weighted by Gasteiger charge is -2.15. The second-order valence-corrected chi connectivity index (χ2v) is 7.41. The molecule has 0 spiro atoms. The minimum Gasteiger partial charge on any atom is -0.452 e. The van der Waals surface area contributed by atoms with Crippen molar-refractivity contribution < 1.29 is 22.7 Å². The Balaban J connectivity index is 1.92. The van der Waals surface area contributed by atoms with Crippen LogP contribution in [0.5, 0.6) is 0 Å². The number of carbonyl (C=O) groups is 2. The molecular formula is C16H19N3O5S. The first-order chi connectivity index (χ1) is 11.9. The van der Waals surface area contributed by atoms with Crippen molar-refractivity contribution in [3.8, 4) is 6.07 Å². The van der Waals surface area contributed by atoms with Crippen molar-refractivity contribution in [3.63, 3.8) is 0 Å². The number of nitrogens with one attached hydrogen (secondary N) is 1. The fourth-order valence-electron chi connectivity index (χ4n) is 2.36. The highest BCUT2D eigenvalue weighted by molar-refractivity contribution is 7.89. The van der Waals surface area contributed by atoms with E-state index in [0.29, 0.717) is 13.1 Å². The second-order valence-electron chi connectivity index (χ2n) is 5.47. The number of rotatable bonds is 7. The molecule has 8 nitrogen and oxygen atoms in total. The van der Waals surface area contributed by atoms with Gasteiger partial charge in [-0.3, -0.25) is 4.79 Å². The smallest absolute Gasteiger partial charge is 0.338 e. The Morgan fingerprint density at radius 2 is 1.84 bits per heavy atom. The van der Waals surface area contributed by atoms with Gasteiger partial charge >= 0.3 is 5.97 Å². The van der Waals surface area contributed by atoms with E-state index in [1.807, 2.05) is 6.07 Å². The molecule has 0 radical (unpaired) electrons. The van der Waals surface area contributed by atoms with Gasteiger partial charge in [0.25, 0.3) is 5.91 Å². The van der Waals surface area contributed by atoms with Crippen molar-refractivity contribution in [2.24, 2.45) is 0 Å². The Kier molecular flexibility index (Phi) is 6.50. The fraction of sp³-hybridized carbons (Fsp3) is 0.438. The summed E-state index contributed by atoms with van der Waals surface area (Å²) in [5, 5.41) is 10.8. The van der Waals surface area contributed by atoms with Crippen LogP contribution in [-0.2, 0) is 19.6 Å². The number of hydrogen-bond donors (Lipinski definition) is 1. The first-order valence-electron chi connectivity index (χ1n) is 7.86. The zero-order valence-electron chi connectivity index (χ0n) is 13.6. The van der Waals surface area contributed by atoms with Crippen LogP contribution in [0.25, 0.3) is 0 Å². The predicted octanol–water partition coefficient (Wildman–Crippen LogP) is 0.658. The van der Waals surface area contributed by atoms with E-state index >= 15 is 0 Å². The van der Waals surface area contributed by atoms with Crippen molar-refractivity contribution in [2.75, 3.05) is 26.2 Å². The van der Waals surface area contributed by atoms with E-state index < -0.39 is 28.5 Å². The number of ether oxygens (including phenoxy) is 1. The number of nitrogens with zero attached hydrogens (tertiary/aromatic N) is 2. The molecule has 0 bridgehead atoms. The molecule has 1 N–H and O–H groups in total. The van der Waals surface area contributed by atoms with E-state index in [0.717, 1.165) is 12.8 Å². The quantitative estimate of drug-likeness (QED) is 0.560. The Bertz CT molecular complexity index is 762. The molecule has 0 aliphatic carbocycles. The molecule has 134 valence electrons. The summed E-state index contributed by atoms with van der Waals surface area (Å²) < 4.78 is 31.1. The van der Waals surface area contributed by atoms with Crippen molar-refractivity contribution in [3.05, 3.63) is 29.8 Å². The standard InChI is InChI=1S/C16H19N3O5S/c17-8-3-9-18-15(20)12-24-16(21)13-4-6-14(7-5-13)25(22,23)19-10-1-2-11-19/h4-7H,1-3,9-12H2,(H,18,20). The summed E-state index contributed by atoms with van der Waals surface area (Å²) in [5.41, 5.74) is 0.158. The lowest BCUT2D eigenvalue weighted by Crippen LogP contribution is -2.29. The van der Waals surface area contributed by atoms with Crippen molar-refractivity contribution in [1.82, 2.24) is 9.62 Å². The number of benzene rings is 1. The zero-order valence-corrected chi connectivity index (χ0v) is 14.4. The average Bonchev–Trinajstić information content (AvgIpc) is 3.15. The third-order valence-corrected chi connectivity index (χ3v) is 5.60. The number of hydrogen-bond acceptors (Lipinski definition) is 6. The number of nitriles is 1. The molecule has 1 fully saturated rings. The zero-order chi connectivity index (χ0) is 18.3. The first kappa shape index (κ1) is 18.9. The average molecular weight is 365 g/mol. The lowest BCUT2D eigenvalue weighted by molar-refractivity contribution is -0.124. The molecule has 25 heavy (non-hydrogen) atoms. The minimum absolute atomic E-state index is 0.125. The SMILES string of the molecule is N#CCCNC(=O)COC(=O)c1ccc(S(=O)(=O)N2CCCC2)cc1. The van der Waals surface area contributed by atoms with E-state index in [4.69, 9.17) is 10.00 Å². The van der Waals surface area contributed by atoms with Crippen LogP contribution in [0.15, 0.2) is 29.2 Å². The number of sulfonamides is 1. The highest BCUT2D eigenvalue weighted by atomic mass is 32.2. The van der Waals surface area contributed by atoms with Gasteiger partial charge in [-0.2, -0.15) is 9.57 Å². The Hall–Kier alpha value is -2.44. The third kappa shape index (κ3) is 5.01. The summed E-state index contributed by atoms with van der Waals surface area (Å²) in [5.74, 6) is -1.22. The van der Waals surface area contributed by atoms with Gasteiger partial charge in [0.15, 0.2) is 6.61 Å². The topological polar surface area (TPSA) is 117 Å². The number of carbonyl (C=O) groups excluding carboxylic acids is 2. The van der Waals surface area contributed by atoms with Gasteiger partial charge in [0, 0.05) is 19.6 Å². The Morgan fingerprint density at radius 3 is 2.44 bits per heavy atom. The lowest BCUT2D eigenvalue weighted by atomic mass is 10.2. The maximum absolute atomic E-state index is 12.4. The van der Waals surface area contributed by atoms with Gasteiger partial charge < -0.3 is 10.1 Å². The van der Waals surface area contributed by atoms with Gasteiger partial charge in [-0.05, 0) is 37.1 Å². The van der Waals surface area contributed by atoms with E-state index in [1.165, 1.54) is 28.6 Å². The fourth-order valence-corrected chi connectivity index (χ4v) is 3.88. The molecule has 1 aliphatic rings. The van der Waals surface area contributed by atoms with Gasteiger partial charge in [0.2, 0.25) is 10.0 Å². The first-order valence-corrected chi connectivity index (χ1v) is 9.30. The van der Waals surface area contributed by atoms with Crippen LogP contribution in [0.1, 0.15) is 29.6 Å². The van der Waals surface area contributed by atoms with Gasteiger partial charge in [-0.15, -0.1) is 0 Å². The highest BCUT2D eigenvalue weighted by Crippen LogP contribution is 2.21. The van der Waals surface area contributed by atoms with Gasteiger partial charge in [0.1, 0.15) is 0 Å². The van der Waals surface area contributed by atoms with Crippen molar-refractivity contribution >= 4 is 21.9 Å². The Labute approximate surface area is 146 Å². The molecule has 2 rings (SSSR count). The normalized spacial score (nSPS) is 14.7.